The van der Waals surface area contributed by atoms with Gasteiger partial charge in [-0.1, -0.05) is 13.0 Å². The van der Waals surface area contributed by atoms with Gasteiger partial charge >= 0.3 is 5.97 Å². The molecule has 1 saturated heterocycles. The first-order valence-corrected chi connectivity index (χ1v) is 5.55. The molecule has 5 nitrogen and oxygen atoms in total. The smallest absolute Gasteiger partial charge is 0.331 e. The van der Waals surface area contributed by atoms with Gasteiger partial charge in [0.15, 0.2) is 0 Å². The summed E-state index contributed by atoms with van der Waals surface area (Å²) in [5.41, 5.74) is 0.407. The maximum absolute atomic E-state index is 11.3. The fourth-order valence-corrected chi connectivity index (χ4v) is 1.65. The van der Waals surface area contributed by atoms with Gasteiger partial charge in [-0.2, -0.15) is 0 Å². The highest BCUT2D eigenvalue weighted by atomic mass is 16.4. The zero-order valence-electron chi connectivity index (χ0n) is 9.53. The predicted octanol–water partition coefficient (Wildman–Crippen LogP) is 0.229. The van der Waals surface area contributed by atoms with Gasteiger partial charge in [0, 0.05) is 25.2 Å². The van der Waals surface area contributed by atoms with E-state index in [1.54, 1.807) is 6.08 Å². The van der Waals surface area contributed by atoms with E-state index in [-0.39, 0.29) is 5.91 Å². The molecule has 1 aliphatic heterocycles. The minimum Gasteiger partial charge on any atom is -0.478 e. The zero-order chi connectivity index (χ0) is 12.0. The van der Waals surface area contributed by atoms with Gasteiger partial charge in [-0.15, -0.1) is 0 Å². The third-order valence-electron chi connectivity index (χ3n) is 2.59. The predicted molar refractivity (Wildman–Crippen MR) is 60.1 cm³/mol. The molecule has 0 unspecified atom stereocenters. The van der Waals surface area contributed by atoms with Crippen molar-refractivity contribution in [2.75, 3.05) is 26.2 Å². The van der Waals surface area contributed by atoms with Crippen molar-refractivity contribution in [2.45, 2.75) is 19.8 Å². The molecule has 0 bridgehead atoms. The van der Waals surface area contributed by atoms with Gasteiger partial charge in [-0.25, -0.2) is 4.79 Å². The van der Waals surface area contributed by atoms with E-state index in [0.717, 1.165) is 13.0 Å². The Bertz CT molecular complexity index is 300. The van der Waals surface area contributed by atoms with E-state index >= 15 is 0 Å². The van der Waals surface area contributed by atoms with Crippen LogP contribution in [0.4, 0.5) is 0 Å². The first-order valence-electron chi connectivity index (χ1n) is 5.55. The van der Waals surface area contributed by atoms with E-state index in [0.29, 0.717) is 31.6 Å². The number of carbonyl (C=O) groups is 2. The lowest BCUT2D eigenvalue weighted by atomic mass is 10.2. The van der Waals surface area contributed by atoms with E-state index in [9.17, 15) is 9.59 Å². The van der Waals surface area contributed by atoms with Crippen LogP contribution in [0.2, 0.25) is 0 Å². The molecule has 0 aromatic heterocycles. The van der Waals surface area contributed by atoms with Gasteiger partial charge in [-0.3, -0.25) is 9.69 Å². The Labute approximate surface area is 95.1 Å². The monoisotopic (exact) mass is 226 g/mol. The third kappa shape index (κ3) is 4.02. The maximum atomic E-state index is 11.3. The second kappa shape index (κ2) is 6.27. The van der Waals surface area contributed by atoms with Crippen LogP contribution in [0, 0.1) is 0 Å². The number of carboxylic acids is 1. The Balaban J connectivity index is 2.52. The van der Waals surface area contributed by atoms with Crippen LogP contribution in [0.25, 0.3) is 0 Å². The summed E-state index contributed by atoms with van der Waals surface area (Å²) in [6.07, 6.45) is 3.12. The normalized spacial score (nSPS) is 19.1. The van der Waals surface area contributed by atoms with Gasteiger partial charge in [-0.05, 0) is 12.8 Å². The molecule has 0 atom stereocenters. The molecule has 2 N–H and O–H groups in total. The standard InChI is InChI=1S/C11H18N2O3/c1-2-9(11(15)16)4-7-13-6-3-5-12-10(14)8-13/h4H,2-3,5-8H2,1H3,(H,12,14)(H,15,16). The van der Waals surface area contributed by atoms with E-state index in [1.165, 1.54) is 0 Å². The average Bonchev–Trinajstić information content (AvgIpc) is 2.43. The number of hydrogen-bond donors (Lipinski definition) is 2. The molecule has 0 radical (unpaired) electrons. The molecule has 0 aromatic carbocycles. The van der Waals surface area contributed by atoms with Crippen LogP contribution in [0.15, 0.2) is 11.6 Å². The number of carbonyl (C=O) groups excluding carboxylic acids is 1. The second-order valence-electron chi connectivity index (χ2n) is 3.83. The number of carboxylic acid groups (broad SMARTS) is 1. The second-order valence-corrected chi connectivity index (χ2v) is 3.83. The van der Waals surface area contributed by atoms with Crippen molar-refractivity contribution in [2.24, 2.45) is 0 Å². The molecule has 0 aliphatic carbocycles. The number of rotatable bonds is 4. The first-order chi connectivity index (χ1) is 7.63. The van der Waals surface area contributed by atoms with Crippen LogP contribution < -0.4 is 5.32 Å². The molecule has 1 amide bonds. The summed E-state index contributed by atoms with van der Waals surface area (Å²) in [7, 11) is 0. The summed E-state index contributed by atoms with van der Waals surface area (Å²) >= 11 is 0. The van der Waals surface area contributed by atoms with E-state index < -0.39 is 5.97 Å². The fourth-order valence-electron chi connectivity index (χ4n) is 1.65. The number of amides is 1. The van der Waals surface area contributed by atoms with E-state index in [2.05, 4.69) is 5.32 Å². The molecule has 0 spiro atoms. The summed E-state index contributed by atoms with van der Waals surface area (Å²) in [5.74, 6) is -0.860. The Morgan fingerprint density at radius 1 is 1.62 bits per heavy atom. The van der Waals surface area contributed by atoms with Crippen molar-refractivity contribution in [3.05, 3.63) is 11.6 Å². The fraction of sp³-hybridized carbons (Fsp3) is 0.636. The van der Waals surface area contributed by atoms with Crippen LogP contribution >= 0.6 is 0 Å². The molecule has 5 heteroatoms. The average molecular weight is 226 g/mol. The van der Waals surface area contributed by atoms with Gasteiger partial charge in [0.05, 0.1) is 6.54 Å². The van der Waals surface area contributed by atoms with Gasteiger partial charge < -0.3 is 10.4 Å². The van der Waals surface area contributed by atoms with Crippen molar-refractivity contribution < 1.29 is 14.7 Å². The largest absolute Gasteiger partial charge is 0.478 e. The number of nitrogens with zero attached hydrogens (tertiary/aromatic N) is 1. The number of hydrogen-bond acceptors (Lipinski definition) is 3. The zero-order valence-corrected chi connectivity index (χ0v) is 9.53. The molecular formula is C11H18N2O3. The van der Waals surface area contributed by atoms with E-state index in [1.807, 2.05) is 11.8 Å². The summed E-state index contributed by atoms with van der Waals surface area (Å²) < 4.78 is 0. The van der Waals surface area contributed by atoms with Crippen molar-refractivity contribution in [1.29, 1.82) is 0 Å². The van der Waals surface area contributed by atoms with E-state index in [4.69, 9.17) is 5.11 Å². The van der Waals surface area contributed by atoms with Crippen molar-refractivity contribution in [3.8, 4) is 0 Å². The highest BCUT2D eigenvalue weighted by Gasteiger charge is 2.13. The summed E-state index contributed by atoms with van der Waals surface area (Å²) in [6, 6.07) is 0. The summed E-state index contributed by atoms with van der Waals surface area (Å²) in [4.78, 5) is 24.0. The first kappa shape index (κ1) is 12.7. The minimum atomic E-state index is -0.873. The quantitative estimate of drug-likeness (QED) is 0.673. The Hall–Kier alpha value is -1.36. The van der Waals surface area contributed by atoms with Crippen LogP contribution in [-0.2, 0) is 9.59 Å². The lowest BCUT2D eigenvalue weighted by molar-refractivity contribution is -0.132. The lowest BCUT2D eigenvalue weighted by Gasteiger charge is -2.16. The van der Waals surface area contributed by atoms with Crippen molar-refractivity contribution in [1.82, 2.24) is 10.2 Å². The minimum absolute atomic E-state index is 0.0132. The molecule has 1 heterocycles. The van der Waals surface area contributed by atoms with Gasteiger partial charge in [0.1, 0.15) is 0 Å². The Morgan fingerprint density at radius 3 is 3.00 bits per heavy atom. The third-order valence-corrected chi connectivity index (χ3v) is 2.59. The number of nitrogens with one attached hydrogen (secondary N) is 1. The number of aliphatic carboxylic acids is 1. The molecule has 1 rings (SSSR count). The molecule has 0 aromatic rings. The molecular weight excluding hydrogens is 208 g/mol. The summed E-state index contributed by atoms with van der Waals surface area (Å²) in [5, 5.41) is 11.6. The molecule has 1 fully saturated rings. The molecule has 1 aliphatic rings. The highest BCUT2D eigenvalue weighted by Crippen LogP contribution is 2.03. The van der Waals surface area contributed by atoms with Gasteiger partial charge in [0.2, 0.25) is 5.91 Å². The SMILES string of the molecule is CCC(=CCN1CCCNC(=O)C1)C(=O)O. The summed E-state index contributed by atoms with van der Waals surface area (Å²) in [6.45, 7) is 4.23. The van der Waals surface area contributed by atoms with Crippen LogP contribution in [0.3, 0.4) is 0 Å². The Morgan fingerprint density at radius 2 is 2.38 bits per heavy atom. The van der Waals surface area contributed by atoms with Crippen molar-refractivity contribution in [3.63, 3.8) is 0 Å². The Kier molecular flexibility index (Phi) is 4.98. The van der Waals surface area contributed by atoms with Crippen LogP contribution in [0.5, 0.6) is 0 Å². The maximum Gasteiger partial charge on any atom is 0.331 e. The highest BCUT2D eigenvalue weighted by molar-refractivity contribution is 5.86. The van der Waals surface area contributed by atoms with Crippen molar-refractivity contribution >= 4 is 11.9 Å². The molecule has 90 valence electrons. The van der Waals surface area contributed by atoms with Crippen LogP contribution in [0.1, 0.15) is 19.8 Å². The molecule has 0 saturated carbocycles. The van der Waals surface area contributed by atoms with Gasteiger partial charge in [0.25, 0.3) is 0 Å². The van der Waals surface area contributed by atoms with Crippen LogP contribution in [-0.4, -0.2) is 48.1 Å². The lowest BCUT2D eigenvalue weighted by Crippen LogP contribution is -2.33. The topological polar surface area (TPSA) is 69.6 Å². The molecule has 16 heavy (non-hydrogen) atoms.